The molecule has 0 aliphatic heterocycles. The van der Waals surface area contributed by atoms with E-state index in [4.69, 9.17) is 0 Å². The van der Waals surface area contributed by atoms with Crippen molar-refractivity contribution in [1.29, 1.82) is 0 Å². The molecule has 3 rings (SSSR count). The molecule has 2 N–H and O–H groups in total. The Morgan fingerprint density at radius 3 is 3.10 bits per heavy atom. The van der Waals surface area contributed by atoms with Crippen molar-refractivity contribution in [1.82, 2.24) is 25.1 Å². The normalized spacial score (nSPS) is 14.2. The third-order valence-electron chi connectivity index (χ3n) is 3.06. The Kier molecular flexibility index (Phi) is 3.64. The van der Waals surface area contributed by atoms with Gasteiger partial charge in [0.2, 0.25) is 0 Å². The predicted molar refractivity (Wildman–Crippen MR) is 75.9 cm³/mol. The van der Waals surface area contributed by atoms with Crippen LogP contribution in [-0.4, -0.2) is 32.3 Å². The number of thiazole rings is 1. The molecule has 106 valence electrons. The second-order valence-electron chi connectivity index (χ2n) is 4.81. The summed E-state index contributed by atoms with van der Waals surface area (Å²) in [7, 11) is 0. The molecule has 0 spiro atoms. The number of anilines is 1. The number of rotatable bonds is 5. The van der Waals surface area contributed by atoms with Crippen molar-refractivity contribution in [2.24, 2.45) is 0 Å². The van der Waals surface area contributed by atoms with Crippen LogP contribution in [0.1, 0.15) is 30.4 Å². The molecule has 0 unspecified atom stereocenters. The van der Waals surface area contributed by atoms with Gasteiger partial charge in [0.05, 0.1) is 5.69 Å². The highest BCUT2D eigenvalue weighted by atomic mass is 32.1. The lowest BCUT2D eigenvalue weighted by molar-refractivity contribution is 0.252. The zero-order valence-corrected chi connectivity index (χ0v) is 12.0. The predicted octanol–water partition coefficient (Wildman–Crippen LogP) is 1.74. The number of nitrogens with one attached hydrogen (secondary N) is 2. The van der Waals surface area contributed by atoms with E-state index in [-0.39, 0.29) is 6.03 Å². The molecule has 0 saturated heterocycles. The molecule has 1 aliphatic rings. The first-order valence-corrected chi connectivity index (χ1v) is 7.45. The summed E-state index contributed by atoms with van der Waals surface area (Å²) >= 11 is 1.41. The minimum Gasteiger partial charge on any atom is -0.337 e. The summed E-state index contributed by atoms with van der Waals surface area (Å²) in [4.78, 5) is 15.9. The van der Waals surface area contributed by atoms with Crippen molar-refractivity contribution in [2.45, 2.75) is 32.2 Å². The molecular weight excluding hydrogens is 276 g/mol. The summed E-state index contributed by atoms with van der Waals surface area (Å²) in [5.41, 5.74) is 0.905. The number of hydrogen-bond acceptors (Lipinski definition) is 5. The molecule has 1 fully saturated rings. The van der Waals surface area contributed by atoms with Gasteiger partial charge in [0.25, 0.3) is 0 Å². The van der Waals surface area contributed by atoms with Gasteiger partial charge in [-0.1, -0.05) is 0 Å². The van der Waals surface area contributed by atoms with Gasteiger partial charge < -0.3 is 9.88 Å². The zero-order valence-electron chi connectivity index (χ0n) is 11.2. The molecule has 0 bridgehead atoms. The molecule has 7 nitrogen and oxygen atoms in total. The number of aryl methyl sites for hydroxylation is 1. The fraction of sp³-hybridized carbons (Fsp3) is 0.500. The topological polar surface area (TPSA) is 84.7 Å². The summed E-state index contributed by atoms with van der Waals surface area (Å²) in [6.07, 6.45) is 4.84. The number of urea groups is 1. The van der Waals surface area contributed by atoms with Crippen LogP contribution in [0.4, 0.5) is 9.93 Å². The Balaban J connectivity index is 1.45. The van der Waals surface area contributed by atoms with Crippen LogP contribution in [0.3, 0.4) is 0 Å². The fourth-order valence-electron chi connectivity index (χ4n) is 1.94. The summed E-state index contributed by atoms with van der Waals surface area (Å²) in [5.74, 6) is 0.929. The summed E-state index contributed by atoms with van der Waals surface area (Å²) in [5, 5.41) is 16.0. The highest BCUT2D eigenvalue weighted by molar-refractivity contribution is 7.13. The number of carbonyl (C=O) groups is 1. The highest BCUT2D eigenvalue weighted by Crippen LogP contribution is 2.35. The SMILES string of the molecule is Cc1csc(NC(=O)NCCc2nncn2C2CC2)n1. The summed E-state index contributed by atoms with van der Waals surface area (Å²) in [6, 6.07) is 0.323. The molecule has 0 aromatic carbocycles. The van der Waals surface area contributed by atoms with Gasteiger partial charge in [-0.3, -0.25) is 5.32 Å². The maximum absolute atomic E-state index is 11.7. The maximum Gasteiger partial charge on any atom is 0.321 e. The van der Waals surface area contributed by atoms with E-state index in [0.717, 1.165) is 11.5 Å². The van der Waals surface area contributed by atoms with Gasteiger partial charge in [-0.05, 0) is 19.8 Å². The van der Waals surface area contributed by atoms with Gasteiger partial charge in [-0.2, -0.15) is 0 Å². The van der Waals surface area contributed by atoms with Crippen LogP contribution in [0.2, 0.25) is 0 Å². The van der Waals surface area contributed by atoms with E-state index < -0.39 is 0 Å². The van der Waals surface area contributed by atoms with Crippen LogP contribution in [0.15, 0.2) is 11.7 Å². The monoisotopic (exact) mass is 292 g/mol. The van der Waals surface area contributed by atoms with Gasteiger partial charge in [0.1, 0.15) is 12.2 Å². The van der Waals surface area contributed by atoms with Crippen molar-refractivity contribution in [3.05, 3.63) is 23.2 Å². The average Bonchev–Trinajstić information content (AvgIpc) is 3.02. The molecule has 0 radical (unpaired) electrons. The Hall–Kier alpha value is -1.96. The first-order valence-electron chi connectivity index (χ1n) is 6.58. The number of hydrogen-bond donors (Lipinski definition) is 2. The van der Waals surface area contributed by atoms with Crippen molar-refractivity contribution in [2.75, 3.05) is 11.9 Å². The van der Waals surface area contributed by atoms with Crippen molar-refractivity contribution in [3.8, 4) is 0 Å². The molecule has 1 aliphatic carbocycles. The second kappa shape index (κ2) is 5.58. The number of nitrogens with zero attached hydrogens (tertiary/aromatic N) is 4. The second-order valence-corrected chi connectivity index (χ2v) is 5.67. The zero-order chi connectivity index (χ0) is 13.9. The Bertz CT molecular complexity index is 603. The van der Waals surface area contributed by atoms with E-state index in [2.05, 4.69) is 30.4 Å². The van der Waals surface area contributed by atoms with Gasteiger partial charge in [-0.15, -0.1) is 21.5 Å². The number of aromatic nitrogens is 4. The molecular formula is C12H16N6OS. The number of carbonyl (C=O) groups excluding carboxylic acids is 1. The van der Waals surface area contributed by atoms with Gasteiger partial charge in [0.15, 0.2) is 5.13 Å². The van der Waals surface area contributed by atoms with Crippen LogP contribution < -0.4 is 10.6 Å². The molecule has 2 heterocycles. The third kappa shape index (κ3) is 3.13. The van der Waals surface area contributed by atoms with Crippen molar-refractivity contribution >= 4 is 22.5 Å². The Morgan fingerprint density at radius 2 is 2.40 bits per heavy atom. The Labute approximate surface area is 120 Å². The molecule has 2 amide bonds. The van der Waals surface area contributed by atoms with E-state index in [1.54, 1.807) is 6.33 Å². The smallest absolute Gasteiger partial charge is 0.321 e. The third-order valence-corrected chi connectivity index (χ3v) is 3.94. The lowest BCUT2D eigenvalue weighted by Crippen LogP contribution is -2.30. The Morgan fingerprint density at radius 1 is 1.55 bits per heavy atom. The molecule has 1 saturated carbocycles. The molecule has 20 heavy (non-hydrogen) atoms. The minimum absolute atomic E-state index is 0.239. The van der Waals surface area contributed by atoms with E-state index >= 15 is 0 Å². The molecule has 8 heteroatoms. The van der Waals surface area contributed by atoms with Crippen LogP contribution in [0.25, 0.3) is 0 Å². The van der Waals surface area contributed by atoms with E-state index in [1.165, 1.54) is 24.2 Å². The van der Waals surface area contributed by atoms with E-state index in [9.17, 15) is 4.79 Å². The lowest BCUT2D eigenvalue weighted by atomic mass is 10.4. The number of amides is 2. The quantitative estimate of drug-likeness (QED) is 0.879. The average molecular weight is 292 g/mol. The van der Waals surface area contributed by atoms with Crippen LogP contribution >= 0.6 is 11.3 Å². The van der Waals surface area contributed by atoms with Crippen molar-refractivity contribution < 1.29 is 4.79 Å². The van der Waals surface area contributed by atoms with E-state index in [0.29, 0.717) is 24.1 Å². The van der Waals surface area contributed by atoms with Crippen LogP contribution in [0, 0.1) is 6.92 Å². The van der Waals surface area contributed by atoms with Crippen molar-refractivity contribution in [3.63, 3.8) is 0 Å². The lowest BCUT2D eigenvalue weighted by Gasteiger charge is -2.06. The van der Waals surface area contributed by atoms with E-state index in [1.807, 2.05) is 12.3 Å². The van der Waals surface area contributed by atoms with Gasteiger partial charge >= 0.3 is 6.03 Å². The summed E-state index contributed by atoms with van der Waals surface area (Å²) in [6.45, 7) is 2.42. The largest absolute Gasteiger partial charge is 0.337 e. The van der Waals surface area contributed by atoms with Gasteiger partial charge in [0, 0.05) is 24.4 Å². The summed E-state index contributed by atoms with van der Waals surface area (Å²) < 4.78 is 2.10. The maximum atomic E-state index is 11.7. The van der Waals surface area contributed by atoms with Crippen LogP contribution in [-0.2, 0) is 6.42 Å². The molecule has 2 aromatic rings. The first-order chi connectivity index (χ1) is 9.72. The highest BCUT2D eigenvalue weighted by Gasteiger charge is 2.25. The first kappa shape index (κ1) is 13.0. The standard InChI is InChI=1S/C12H16N6OS/c1-8-6-20-12(15-8)16-11(19)13-5-4-10-17-14-7-18(10)9-2-3-9/h6-7,9H,2-5H2,1H3,(H2,13,15,16,19). The minimum atomic E-state index is -0.239. The van der Waals surface area contributed by atoms with Gasteiger partial charge in [-0.25, -0.2) is 9.78 Å². The van der Waals surface area contributed by atoms with Crippen LogP contribution in [0.5, 0.6) is 0 Å². The molecule has 0 atom stereocenters. The fourth-order valence-corrected chi connectivity index (χ4v) is 2.63. The molecule has 2 aromatic heterocycles.